The van der Waals surface area contributed by atoms with Crippen molar-refractivity contribution in [2.75, 3.05) is 11.9 Å². The lowest BCUT2D eigenvalue weighted by atomic mass is 10.2. The van der Waals surface area contributed by atoms with Crippen molar-refractivity contribution in [3.63, 3.8) is 0 Å². The minimum absolute atomic E-state index is 0.00362. The molecule has 2 amide bonds. The number of nitrogens with one attached hydrogen (secondary N) is 1. The molecule has 2 rings (SSSR count). The number of hydrogen-bond donors (Lipinski definition) is 1. The van der Waals surface area contributed by atoms with Gasteiger partial charge in [0, 0.05) is 36.1 Å². The molecule has 1 N–H and O–H groups in total. The number of carbonyl (C=O) groups is 2. The van der Waals surface area contributed by atoms with E-state index in [9.17, 15) is 9.59 Å². The van der Waals surface area contributed by atoms with Gasteiger partial charge in [-0.25, -0.2) is 0 Å². The molecule has 0 saturated heterocycles. The number of hydrogen-bond acceptors (Lipinski definition) is 3. The van der Waals surface area contributed by atoms with Crippen LogP contribution in [0.3, 0.4) is 0 Å². The molecule has 0 radical (unpaired) electrons. The summed E-state index contributed by atoms with van der Waals surface area (Å²) in [7, 11) is 0. The van der Waals surface area contributed by atoms with Gasteiger partial charge in [0.2, 0.25) is 11.8 Å². The number of anilines is 1. The predicted molar refractivity (Wildman–Crippen MR) is 94.6 cm³/mol. The van der Waals surface area contributed by atoms with Crippen molar-refractivity contribution >= 4 is 29.1 Å². The standard InChI is InChI=1S/C18H20ClN3O2/c1-2-4-18(24)22(12-14-5-3-10-20-11-14)13-17(23)21-16-8-6-15(19)7-9-16/h3,5-11H,2,4,12-13H2,1H3,(H,21,23). The van der Waals surface area contributed by atoms with Crippen LogP contribution < -0.4 is 5.32 Å². The van der Waals surface area contributed by atoms with Crippen molar-refractivity contribution < 1.29 is 9.59 Å². The maximum Gasteiger partial charge on any atom is 0.244 e. The molecule has 24 heavy (non-hydrogen) atoms. The highest BCUT2D eigenvalue weighted by atomic mass is 35.5. The molecule has 126 valence electrons. The fourth-order valence-corrected chi connectivity index (χ4v) is 2.35. The Kier molecular flexibility index (Phi) is 6.75. The first-order valence-electron chi connectivity index (χ1n) is 7.80. The summed E-state index contributed by atoms with van der Waals surface area (Å²) in [6, 6.07) is 10.5. The summed E-state index contributed by atoms with van der Waals surface area (Å²) in [5, 5.41) is 3.38. The Labute approximate surface area is 146 Å². The SMILES string of the molecule is CCCC(=O)N(CC(=O)Nc1ccc(Cl)cc1)Cc1cccnc1. The second-order valence-electron chi connectivity index (χ2n) is 5.42. The lowest BCUT2D eigenvalue weighted by Gasteiger charge is -2.22. The van der Waals surface area contributed by atoms with Gasteiger partial charge >= 0.3 is 0 Å². The van der Waals surface area contributed by atoms with Crippen LogP contribution in [-0.2, 0) is 16.1 Å². The second-order valence-corrected chi connectivity index (χ2v) is 5.85. The summed E-state index contributed by atoms with van der Waals surface area (Å²) in [5.74, 6) is -0.293. The fourth-order valence-electron chi connectivity index (χ4n) is 2.22. The second kappa shape index (κ2) is 9.03. The van der Waals surface area contributed by atoms with Crippen molar-refractivity contribution in [2.24, 2.45) is 0 Å². The van der Waals surface area contributed by atoms with Crippen molar-refractivity contribution in [1.29, 1.82) is 0 Å². The first kappa shape index (κ1) is 17.9. The largest absolute Gasteiger partial charge is 0.329 e. The van der Waals surface area contributed by atoms with Crippen LogP contribution in [0.5, 0.6) is 0 Å². The molecule has 1 heterocycles. The van der Waals surface area contributed by atoms with Gasteiger partial charge in [0.05, 0.1) is 0 Å². The minimum atomic E-state index is -0.245. The Morgan fingerprint density at radius 2 is 1.96 bits per heavy atom. The van der Waals surface area contributed by atoms with E-state index in [1.54, 1.807) is 41.6 Å². The minimum Gasteiger partial charge on any atom is -0.329 e. The highest BCUT2D eigenvalue weighted by Crippen LogP contribution is 2.14. The summed E-state index contributed by atoms with van der Waals surface area (Å²) >= 11 is 5.83. The van der Waals surface area contributed by atoms with E-state index in [4.69, 9.17) is 11.6 Å². The number of rotatable bonds is 7. The third kappa shape index (κ3) is 5.66. The third-order valence-electron chi connectivity index (χ3n) is 3.38. The Bertz CT molecular complexity index is 674. The Balaban J connectivity index is 2.02. The number of aromatic nitrogens is 1. The molecular formula is C18H20ClN3O2. The highest BCUT2D eigenvalue weighted by molar-refractivity contribution is 6.30. The van der Waals surface area contributed by atoms with Crippen molar-refractivity contribution in [3.05, 3.63) is 59.4 Å². The van der Waals surface area contributed by atoms with Gasteiger partial charge in [-0.1, -0.05) is 24.6 Å². The van der Waals surface area contributed by atoms with Gasteiger partial charge in [0.1, 0.15) is 6.54 Å². The van der Waals surface area contributed by atoms with E-state index in [2.05, 4.69) is 10.3 Å². The van der Waals surface area contributed by atoms with Gasteiger partial charge in [-0.2, -0.15) is 0 Å². The van der Waals surface area contributed by atoms with Crippen molar-refractivity contribution in [3.8, 4) is 0 Å². The molecule has 0 atom stereocenters. The van der Waals surface area contributed by atoms with E-state index >= 15 is 0 Å². The number of nitrogens with zero attached hydrogens (tertiary/aromatic N) is 2. The molecule has 0 fully saturated rings. The normalized spacial score (nSPS) is 10.2. The zero-order chi connectivity index (χ0) is 17.4. The molecule has 0 unspecified atom stereocenters. The molecule has 0 aliphatic heterocycles. The summed E-state index contributed by atoms with van der Waals surface area (Å²) in [4.78, 5) is 30.1. The molecular weight excluding hydrogens is 326 g/mol. The van der Waals surface area contributed by atoms with Crippen LogP contribution in [0.1, 0.15) is 25.3 Å². The molecule has 0 saturated carbocycles. The molecule has 2 aromatic rings. The lowest BCUT2D eigenvalue weighted by molar-refractivity contribution is -0.135. The molecule has 0 bridgehead atoms. The van der Waals surface area contributed by atoms with Crippen LogP contribution in [0, 0.1) is 0 Å². The number of benzene rings is 1. The smallest absolute Gasteiger partial charge is 0.244 e. The van der Waals surface area contributed by atoms with Crippen molar-refractivity contribution in [2.45, 2.75) is 26.3 Å². The van der Waals surface area contributed by atoms with Crippen LogP contribution in [-0.4, -0.2) is 28.2 Å². The molecule has 0 aliphatic rings. The summed E-state index contributed by atoms with van der Waals surface area (Å²) in [6.45, 7) is 2.30. The maximum atomic E-state index is 12.3. The summed E-state index contributed by atoms with van der Waals surface area (Å²) in [5.41, 5.74) is 1.54. The average molecular weight is 346 g/mol. The molecule has 0 aliphatic carbocycles. The van der Waals surface area contributed by atoms with Gasteiger partial charge in [-0.05, 0) is 42.3 Å². The third-order valence-corrected chi connectivity index (χ3v) is 3.63. The molecule has 0 spiro atoms. The lowest BCUT2D eigenvalue weighted by Crippen LogP contribution is -2.37. The maximum absolute atomic E-state index is 12.3. The zero-order valence-electron chi connectivity index (χ0n) is 13.5. The monoisotopic (exact) mass is 345 g/mol. The van der Waals surface area contributed by atoms with Gasteiger partial charge in [0.15, 0.2) is 0 Å². The number of pyridine rings is 1. The molecule has 5 nitrogen and oxygen atoms in total. The Morgan fingerprint density at radius 1 is 1.21 bits per heavy atom. The van der Waals surface area contributed by atoms with Crippen LogP contribution in [0.2, 0.25) is 5.02 Å². The zero-order valence-corrected chi connectivity index (χ0v) is 14.3. The molecule has 6 heteroatoms. The highest BCUT2D eigenvalue weighted by Gasteiger charge is 2.17. The Morgan fingerprint density at radius 3 is 2.58 bits per heavy atom. The van der Waals surface area contributed by atoms with E-state index in [0.717, 1.165) is 12.0 Å². The van der Waals surface area contributed by atoms with Gasteiger partial charge < -0.3 is 10.2 Å². The summed E-state index contributed by atoms with van der Waals surface area (Å²) in [6.07, 6.45) is 4.52. The fraction of sp³-hybridized carbons (Fsp3) is 0.278. The van der Waals surface area contributed by atoms with Gasteiger partial charge in [-0.15, -0.1) is 0 Å². The number of carbonyl (C=O) groups excluding carboxylic acids is 2. The topological polar surface area (TPSA) is 62.3 Å². The first-order valence-corrected chi connectivity index (χ1v) is 8.18. The summed E-state index contributed by atoms with van der Waals surface area (Å²) < 4.78 is 0. The number of halogens is 1. The van der Waals surface area contributed by atoms with Crippen LogP contribution in [0.4, 0.5) is 5.69 Å². The van der Waals surface area contributed by atoms with E-state index in [-0.39, 0.29) is 18.4 Å². The molecule has 1 aromatic carbocycles. The van der Waals surface area contributed by atoms with E-state index in [0.29, 0.717) is 23.7 Å². The van der Waals surface area contributed by atoms with Gasteiger partial charge in [0.25, 0.3) is 0 Å². The van der Waals surface area contributed by atoms with Crippen LogP contribution >= 0.6 is 11.6 Å². The van der Waals surface area contributed by atoms with E-state index in [1.165, 1.54) is 0 Å². The first-order chi connectivity index (χ1) is 11.6. The van der Waals surface area contributed by atoms with Crippen LogP contribution in [0.15, 0.2) is 48.8 Å². The van der Waals surface area contributed by atoms with Gasteiger partial charge in [-0.3, -0.25) is 14.6 Å². The number of amides is 2. The Hall–Kier alpha value is -2.40. The van der Waals surface area contributed by atoms with E-state index in [1.807, 2.05) is 19.1 Å². The van der Waals surface area contributed by atoms with Crippen LogP contribution in [0.25, 0.3) is 0 Å². The predicted octanol–water partition coefficient (Wildman–Crippen LogP) is 3.50. The molecule has 1 aromatic heterocycles. The van der Waals surface area contributed by atoms with E-state index < -0.39 is 0 Å². The quantitative estimate of drug-likeness (QED) is 0.835. The average Bonchev–Trinajstić information content (AvgIpc) is 2.57. The van der Waals surface area contributed by atoms with Crippen molar-refractivity contribution in [1.82, 2.24) is 9.88 Å².